The van der Waals surface area contributed by atoms with E-state index < -0.39 is 0 Å². The number of imidazole rings is 1. The molecule has 2 aromatic heterocycles. The van der Waals surface area contributed by atoms with Crippen molar-refractivity contribution in [2.24, 2.45) is 7.05 Å². The third-order valence-electron chi connectivity index (χ3n) is 6.69. The summed E-state index contributed by atoms with van der Waals surface area (Å²) in [5.74, 6) is 3.16. The van der Waals surface area contributed by atoms with Crippen LogP contribution in [0.3, 0.4) is 0 Å². The molecule has 4 heterocycles. The van der Waals surface area contributed by atoms with Gasteiger partial charge in [0.2, 0.25) is 5.95 Å². The van der Waals surface area contributed by atoms with Crippen LogP contribution in [-0.4, -0.2) is 45.2 Å². The molecule has 0 radical (unpaired) electrons. The highest BCUT2D eigenvalue weighted by Gasteiger charge is 2.27. The molecule has 1 unspecified atom stereocenters. The lowest BCUT2D eigenvalue weighted by atomic mass is 9.96. The number of hydrogen-bond acceptors (Lipinski definition) is 5. The number of benzene rings is 1. The average molecular weight is 421 g/mol. The van der Waals surface area contributed by atoms with Crippen molar-refractivity contribution in [2.45, 2.75) is 44.6 Å². The van der Waals surface area contributed by atoms with Crippen LogP contribution >= 0.6 is 0 Å². The second kappa shape index (κ2) is 8.29. The molecule has 31 heavy (non-hydrogen) atoms. The van der Waals surface area contributed by atoms with Crippen LogP contribution in [0.4, 0.5) is 16.2 Å². The van der Waals surface area contributed by atoms with E-state index >= 15 is 0 Å². The van der Waals surface area contributed by atoms with Crippen LogP contribution in [0.5, 0.6) is 0 Å². The molecule has 1 aromatic carbocycles. The molecule has 2 aliphatic heterocycles. The van der Waals surface area contributed by atoms with Gasteiger partial charge in [-0.05, 0) is 56.9 Å². The van der Waals surface area contributed by atoms with Crippen LogP contribution < -0.4 is 9.80 Å². The second-order valence-corrected chi connectivity index (χ2v) is 8.76. The maximum absolute atomic E-state index is 13.5. The lowest BCUT2D eigenvalue weighted by molar-refractivity contribution is 0.473. The van der Waals surface area contributed by atoms with Crippen LogP contribution in [0.15, 0.2) is 42.7 Å². The Morgan fingerprint density at radius 3 is 2.42 bits per heavy atom. The summed E-state index contributed by atoms with van der Waals surface area (Å²) < 4.78 is 15.6. The summed E-state index contributed by atoms with van der Waals surface area (Å²) in [5, 5.41) is 0. The summed E-state index contributed by atoms with van der Waals surface area (Å²) in [4.78, 5) is 19.1. The van der Waals surface area contributed by atoms with Crippen molar-refractivity contribution >= 4 is 11.8 Å². The highest BCUT2D eigenvalue weighted by molar-refractivity contribution is 5.65. The average Bonchev–Trinajstić information content (AvgIpc) is 3.42. The van der Waals surface area contributed by atoms with Gasteiger partial charge in [0.25, 0.3) is 0 Å². The minimum atomic E-state index is -0.234. The van der Waals surface area contributed by atoms with Gasteiger partial charge >= 0.3 is 0 Å². The highest BCUT2D eigenvalue weighted by atomic mass is 19.1. The SMILES string of the molecule is CC1CCCN1c1nc(-c2ccc(F)cc2)cc(N2CCC(c3nccn3C)CC2)n1. The Hall–Kier alpha value is -2.96. The first-order valence-electron chi connectivity index (χ1n) is 11.2. The fraction of sp³-hybridized carbons (Fsp3) is 0.458. The fourth-order valence-electron chi connectivity index (χ4n) is 4.85. The Morgan fingerprint density at radius 1 is 1.00 bits per heavy atom. The van der Waals surface area contributed by atoms with Crippen LogP contribution in [0.25, 0.3) is 11.3 Å². The molecule has 0 bridgehead atoms. The summed E-state index contributed by atoms with van der Waals surface area (Å²) in [6.07, 6.45) is 8.33. The smallest absolute Gasteiger partial charge is 0.228 e. The molecule has 2 fully saturated rings. The molecule has 0 saturated carbocycles. The third-order valence-corrected chi connectivity index (χ3v) is 6.69. The van der Waals surface area contributed by atoms with E-state index in [-0.39, 0.29) is 5.82 Å². The van der Waals surface area contributed by atoms with Crippen molar-refractivity contribution in [3.05, 3.63) is 54.4 Å². The molecule has 6 nitrogen and oxygen atoms in total. The lowest BCUT2D eigenvalue weighted by Crippen LogP contribution is -2.35. The normalized spacial score (nSPS) is 19.9. The second-order valence-electron chi connectivity index (χ2n) is 8.76. The third kappa shape index (κ3) is 4.01. The van der Waals surface area contributed by atoms with Crippen molar-refractivity contribution < 1.29 is 4.39 Å². The molecular formula is C24H29FN6. The summed E-state index contributed by atoms with van der Waals surface area (Å²) in [5.41, 5.74) is 1.77. The lowest BCUT2D eigenvalue weighted by Gasteiger charge is -2.33. The number of halogens is 1. The van der Waals surface area contributed by atoms with Gasteiger partial charge in [-0.25, -0.2) is 14.4 Å². The largest absolute Gasteiger partial charge is 0.356 e. The van der Waals surface area contributed by atoms with Gasteiger partial charge in [-0.3, -0.25) is 0 Å². The van der Waals surface area contributed by atoms with E-state index in [2.05, 4.69) is 39.4 Å². The molecule has 1 atom stereocenters. The van der Waals surface area contributed by atoms with Crippen molar-refractivity contribution in [3.63, 3.8) is 0 Å². The van der Waals surface area contributed by atoms with Crippen LogP contribution in [0.1, 0.15) is 44.3 Å². The maximum atomic E-state index is 13.5. The number of hydrogen-bond donors (Lipinski definition) is 0. The highest BCUT2D eigenvalue weighted by Crippen LogP contribution is 2.32. The Labute approximate surface area is 182 Å². The zero-order valence-electron chi connectivity index (χ0n) is 18.2. The molecule has 0 aliphatic carbocycles. The van der Waals surface area contributed by atoms with Crippen LogP contribution in [-0.2, 0) is 7.05 Å². The standard InChI is InChI=1S/C24H29FN6/c1-17-4-3-12-31(17)24-27-21(18-5-7-20(25)8-6-18)16-22(28-24)30-13-9-19(10-14-30)23-26-11-15-29(23)2/h5-8,11,15-17,19H,3-4,9-10,12-14H2,1-2H3. The van der Waals surface area contributed by atoms with Crippen molar-refractivity contribution in [1.82, 2.24) is 19.5 Å². The number of nitrogens with zero attached hydrogens (tertiary/aromatic N) is 6. The fourth-order valence-corrected chi connectivity index (χ4v) is 4.85. The molecule has 7 heteroatoms. The van der Waals surface area contributed by atoms with Crippen LogP contribution in [0, 0.1) is 5.82 Å². The number of aryl methyl sites for hydroxylation is 1. The Balaban J connectivity index is 1.44. The summed E-state index contributed by atoms with van der Waals surface area (Å²) in [6.45, 7) is 5.09. The van der Waals surface area contributed by atoms with Gasteiger partial charge in [0, 0.05) is 62.7 Å². The topological polar surface area (TPSA) is 50.1 Å². The van der Waals surface area contributed by atoms with E-state index in [0.717, 1.165) is 68.3 Å². The summed E-state index contributed by atoms with van der Waals surface area (Å²) >= 11 is 0. The number of piperidine rings is 1. The molecule has 2 aliphatic rings. The van der Waals surface area contributed by atoms with E-state index in [9.17, 15) is 4.39 Å². The van der Waals surface area contributed by atoms with E-state index in [1.54, 1.807) is 12.1 Å². The Kier molecular flexibility index (Phi) is 5.34. The first kappa shape index (κ1) is 20.0. The molecule has 0 spiro atoms. The minimum Gasteiger partial charge on any atom is -0.356 e. The van der Waals surface area contributed by atoms with Gasteiger partial charge in [-0.2, -0.15) is 4.98 Å². The molecule has 2 saturated heterocycles. The number of aromatic nitrogens is 4. The number of anilines is 2. The van der Waals surface area contributed by atoms with Gasteiger partial charge < -0.3 is 14.4 Å². The minimum absolute atomic E-state index is 0.234. The molecule has 3 aromatic rings. The van der Waals surface area contributed by atoms with Crippen molar-refractivity contribution in [2.75, 3.05) is 29.4 Å². The number of rotatable bonds is 4. The monoisotopic (exact) mass is 420 g/mol. The predicted octanol–water partition coefficient (Wildman–Crippen LogP) is 4.39. The Morgan fingerprint density at radius 2 is 1.77 bits per heavy atom. The molecule has 162 valence electrons. The summed E-state index contributed by atoms with van der Waals surface area (Å²) in [6, 6.07) is 9.07. The van der Waals surface area contributed by atoms with Crippen molar-refractivity contribution in [3.8, 4) is 11.3 Å². The molecule has 5 rings (SSSR count). The molecular weight excluding hydrogens is 391 g/mol. The van der Waals surface area contributed by atoms with E-state index in [1.807, 2.05) is 12.4 Å². The van der Waals surface area contributed by atoms with E-state index in [0.29, 0.717) is 12.0 Å². The van der Waals surface area contributed by atoms with E-state index in [1.165, 1.54) is 18.0 Å². The molecule has 0 amide bonds. The van der Waals surface area contributed by atoms with Gasteiger partial charge in [-0.1, -0.05) is 0 Å². The summed E-state index contributed by atoms with van der Waals surface area (Å²) in [7, 11) is 2.07. The van der Waals surface area contributed by atoms with Gasteiger partial charge in [0.1, 0.15) is 17.5 Å². The zero-order chi connectivity index (χ0) is 21.4. The molecule has 0 N–H and O–H groups in total. The maximum Gasteiger partial charge on any atom is 0.228 e. The quantitative estimate of drug-likeness (QED) is 0.627. The van der Waals surface area contributed by atoms with E-state index in [4.69, 9.17) is 9.97 Å². The Bertz CT molecular complexity index is 1040. The predicted molar refractivity (Wildman–Crippen MR) is 121 cm³/mol. The van der Waals surface area contributed by atoms with Crippen LogP contribution in [0.2, 0.25) is 0 Å². The van der Waals surface area contributed by atoms with Gasteiger partial charge in [0.05, 0.1) is 5.69 Å². The van der Waals surface area contributed by atoms with Crippen molar-refractivity contribution in [1.29, 1.82) is 0 Å². The van der Waals surface area contributed by atoms with Gasteiger partial charge in [0.15, 0.2) is 0 Å². The first-order chi connectivity index (χ1) is 15.1. The first-order valence-corrected chi connectivity index (χ1v) is 11.2. The zero-order valence-corrected chi connectivity index (χ0v) is 18.2. The van der Waals surface area contributed by atoms with Gasteiger partial charge in [-0.15, -0.1) is 0 Å².